The molecule has 0 aromatic heterocycles. The first-order valence-electron chi connectivity index (χ1n) is 5.48. The van der Waals surface area contributed by atoms with Crippen LogP contribution in [-0.2, 0) is 4.74 Å². The third-order valence-electron chi connectivity index (χ3n) is 2.75. The SMILES string of the molecule is O=C(NC[C@@H]1CCOC1)c1ccc(F)cc1Cl. The van der Waals surface area contributed by atoms with Crippen molar-refractivity contribution in [1.82, 2.24) is 5.32 Å². The van der Waals surface area contributed by atoms with E-state index in [-0.39, 0.29) is 10.9 Å². The highest BCUT2D eigenvalue weighted by Gasteiger charge is 2.17. The van der Waals surface area contributed by atoms with Crippen molar-refractivity contribution in [2.75, 3.05) is 19.8 Å². The molecule has 2 rings (SSSR count). The number of halogens is 2. The second-order valence-corrected chi connectivity index (χ2v) is 4.47. The Morgan fingerprint density at radius 1 is 1.59 bits per heavy atom. The van der Waals surface area contributed by atoms with Gasteiger partial charge in [-0.3, -0.25) is 4.79 Å². The maximum Gasteiger partial charge on any atom is 0.252 e. The summed E-state index contributed by atoms with van der Waals surface area (Å²) in [5.74, 6) is -0.365. The lowest BCUT2D eigenvalue weighted by atomic mass is 10.1. The van der Waals surface area contributed by atoms with Crippen molar-refractivity contribution in [1.29, 1.82) is 0 Å². The summed E-state index contributed by atoms with van der Waals surface area (Å²) in [5.41, 5.74) is 0.298. The number of ether oxygens (including phenoxy) is 1. The Bertz CT molecular complexity index is 419. The van der Waals surface area contributed by atoms with Crippen molar-refractivity contribution in [3.8, 4) is 0 Å². The Morgan fingerprint density at radius 3 is 3.06 bits per heavy atom. The number of amides is 1. The Morgan fingerprint density at radius 2 is 2.41 bits per heavy atom. The van der Waals surface area contributed by atoms with E-state index in [9.17, 15) is 9.18 Å². The highest BCUT2D eigenvalue weighted by molar-refractivity contribution is 6.33. The first kappa shape index (κ1) is 12.3. The molecule has 1 N–H and O–H groups in total. The zero-order valence-corrected chi connectivity index (χ0v) is 9.97. The van der Waals surface area contributed by atoms with Gasteiger partial charge in [0.25, 0.3) is 5.91 Å². The first-order chi connectivity index (χ1) is 8.16. The largest absolute Gasteiger partial charge is 0.381 e. The molecule has 1 aromatic carbocycles. The Labute approximate surface area is 104 Å². The number of carbonyl (C=O) groups is 1. The van der Waals surface area contributed by atoms with Gasteiger partial charge in [0.05, 0.1) is 17.2 Å². The van der Waals surface area contributed by atoms with Gasteiger partial charge in [0.1, 0.15) is 5.82 Å². The van der Waals surface area contributed by atoms with Crippen LogP contribution in [0.2, 0.25) is 5.02 Å². The average Bonchev–Trinajstić information content (AvgIpc) is 2.78. The van der Waals surface area contributed by atoms with Gasteiger partial charge in [0, 0.05) is 19.1 Å². The zero-order valence-electron chi connectivity index (χ0n) is 9.21. The van der Waals surface area contributed by atoms with Gasteiger partial charge in [0.2, 0.25) is 0 Å². The third-order valence-corrected chi connectivity index (χ3v) is 3.06. The molecule has 1 aliphatic rings. The summed E-state index contributed by atoms with van der Waals surface area (Å²) in [6.07, 6.45) is 0.956. The quantitative estimate of drug-likeness (QED) is 0.902. The van der Waals surface area contributed by atoms with Crippen LogP contribution in [0, 0.1) is 11.7 Å². The van der Waals surface area contributed by atoms with Gasteiger partial charge in [-0.2, -0.15) is 0 Å². The molecule has 0 radical (unpaired) electrons. The van der Waals surface area contributed by atoms with Gasteiger partial charge in [-0.1, -0.05) is 11.6 Å². The van der Waals surface area contributed by atoms with Crippen LogP contribution in [0.4, 0.5) is 4.39 Å². The monoisotopic (exact) mass is 257 g/mol. The summed E-state index contributed by atoms with van der Waals surface area (Å²) >= 11 is 5.79. The minimum absolute atomic E-state index is 0.130. The van der Waals surface area contributed by atoms with E-state index in [1.54, 1.807) is 0 Å². The number of rotatable bonds is 3. The van der Waals surface area contributed by atoms with Crippen molar-refractivity contribution in [2.45, 2.75) is 6.42 Å². The van der Waals surface area contributed by atoms with E-state index in [1.807, 2.05) is 0 Å². The first-order valence-corrected chi connectivity index (χ1v) is 5.85. The molecule has 1 saturated heterocycles. The summed E-state index contributed by atoms with van der Waals surface area (Å²) in [4.78, 5) is 11.8. The van der Waals surface area contributed by atoms with Crippen LogP contribution in [0.1, 0.15) is 16.8 Å². The summed E-state index contributed by atoms with van der Waals surface area (Å²) in [7, 11) is 0. The van der Waals surface area contributed by atoms with Gasteiger partial charge in [-0.05, 0) is 24.6 Å². The van der Waals surface area contributed by atoms with Crippen molar-refractivity contribution in [2.24, 2.45) is 5.92 Å². The van der Waals surface area contributed by atoms with Crippen molar-refractivity contribution < 1.29 is 13.9 Å². The van der Waals surface area contributed by atoms with Crippen LogP contribution >= 0.6 is 11.6 Å². The molecule has 5 heteroatoms. The zero-order chi connectivity index (χ0) is 12.3. The lowest BCUT2D eigenvalue weighted by Crippen LogP contribution is -2.29. The minimum atomic E-state index is -0.448. The molecule has 0 unspecified atom stereocenters. The van der Waals surface area contributed by atoms with Gasteiger partial charge in [-0.15, -0.1) is 0 Å². The van der Waals surface area contributed by atoms with Crippen LogP contribution in [0.3, 0.4) is 0 Å². The Kier molecular flexibility index (Phi) is 3.97. The van der Waals surface area contributed by atoms with E-state index >= 15 is 0 Å². The fraction of sp³-hybridized carbons (Fsp3) is 0.417. The summed E-state index contributed by atoms with van der Waals surface area (Å²) < 4.78 is 18.0. The van der Waals surface area contributed by atoms with Gasteiger partial charge in [-0.25, -0.2) is 4.39 Å². The normalized spacial score (nSPS) is 19.3. The van der Waals surface area contributed by atoms with Crippen LogP contribution in [0.15, 0.2) is 18.2 Å². The third kappa shape index (κ3) is 3.17. The average molecular weight is 258 g/mol. The predicted octanol–water partition coefficient (Wildman–Crippen LogP) is 2.25. The van der Waals surface area contributed by atoms with E-state index < -0.39 is 5.82 Å². The fourth-order valence-electron chi connectivity index (χ4n) is 1.75. The lowest BCUT2D eigenvalue weighted by Gasteiger charge is -2.10. The van der Waals surface area contributed by atoms with Crippen molar-refractivity contribution in [3.05, 3.63) is 34.6 Å². The Hall–Kier alpha value is -1.13. The van der Waals surface area contributed by atoms with Crippen molar-refractivity contribution in [3.63, 3.8) is 0 Å². The molecular weight excluding hydrogens is 245 g/mol. The van der Waals surface area contributed by atoms with Crippen LogP contribution in [-0.4, -0.2) is 25.7 Å². The molecule has 1 heterocycles. The van der Waals surface area contributed by atoms with E-state index in [2.05, 4.69) is 5.32 Å². The number of nitrogens with one attached hydrogen (secondary N) is 1. The summed E-state index contributed by atoms with van der Waals surface area (Å²) in [5, 5.41) is 2.91. The van der Waals surface area contributed by atoms with Crippen LogP contribution in [0.25, 0.3) is 0 Å². The molecular formula is C12H13ClFNO2. The molecule has 1 aliphatic heterocycles. The predicted molar refractivity (Wildman–Crippen MR) is 62.7 cm³/mol. The molecule has 92 valence electrons. The van der Waals surface area contributed by atoms with E-state index in [0.29, 0.717) is 24.6 Å². The minimum Gasteiger partial charge on any atom is -0.381 e. The standard InChI is InChI=1S/C12H13ClFNO2/c13-11-5-9(14)1-2-10(11)12(16)15-6-8-3-4-17-7-8/h1-2,5,8H,3-4,6-7H2,(H,15,16)/t8-/m0/s1. The molecule has 1 amide bonds. The highest BCUT2D eigenvalue weighted by Crippen LogP contribution is 2.17. The van der Waals surface area contributed by atoms with Gasteiger partial charge >= 0.3 is 0 Å². The maximum atomic E-state index is 12.8. The van der Waals surface area contributed by atoms with Crippen LogP contribution in [0.5, 0.6) is 0 Å². The number of hydrogen-bond acceptors (Lipinski definition) is 2. The molecule has 1 aromatic rings. The molecule has 3 nitrogen and oxygen atoms in total. The van der Waals surface area contributed by atoms with E-state index in [4.69, 9.17) is 16.3 Å². The highest BCUT2D eigenvalue weighted by atomic mass is 35.5. The molecule has 0 saturated carbocycles. The molecule has 0 bridgehead atoms. The van der Waals surface area contributed by atoms with Crippen molar-refractivity contribution >= 4 is 17.5 Å². The van der Waals surface area contributed by atoms with E-state index in [1.165, 1.54) is 12.1 Å². The molecule has 17 heavy (non-hydrogen) atoms. The molecule has 0 aliphatic carbocycles. The summed E-state index contributed by atoms with van der Waals surface area (Å²) in [6.45, 7) is 1.99. The summed E-state index contributed by atoms with van der Waals surface area (Å²) in [6, 6.07) is 3.74. The van der Waals surface area contributed by atoms with Gasteiger partial charge < -0.3 is 10.1 Å². The number of benzene rings is 1. The molecule has 1 atom stereocenters. The maximum absolute atomic E-state index is 12.8. The fourth-order valence-corrected chi connectivity index (χ4v) is 2.00. The molecule has 0 spiro atoms. The van der Waals surface area contributed by atoms with Gasteiger partial charge in [0.15, 0.2) is 0 Å². The Balaban J connectivity index is 1.94. The van der Waals surface area contributed by atoms with E-state index in [0.717, 1.165) is 19.1 Å². The van der Waals surface area contributed by atoms with Crippen LogP contribution < -0.4 is 5.32 Å². The number of hydrogen-bond donors (Lipinski definition) is 1. The number of carbonyl (C=O) groups excluding carboxylic acids is 1. The second-order valence-electron chi connectivity index (χ2n) is 4.06. The molecule has 1 fully saturated rings. The lowest BCUT2D eigenvalue weighted by molar-refractivity contribution is 0.0945. The second kappa shape index (κ2) is 5.47. The smallest absolute Gasteiger partial charge is 0.252 e. The topological polar surface area (TPSA) is 38.3 Å².